The average Bonchev–Trinajstić information content (AvgIpc) is 3.52. The maximum absolute atomic E-state index is 13.5. The van der Waals surface area contributed by atoms with Gasteiger partial charge >= 0.3 is 12.0 Å². The molecule has 37 heavy (non-hydrogen) atoms. The number of hydrogen-bond donors (Lipinski definition) is 1. The van der Waals surface area contributed by atoms with E-state index in [0.717, 1.165) is 11.3 Å². The average molecular weight is 518 g/mol. The highest BCUT2D eigenvalue weighted by Gasteiger charge is 2.24. The second kappa shape index (κ2) is 14.1. The summed E-state index contributed by atoms with van der Waals surface area (Å²) < 4.78 is 26.8. The number of benzene rings is 1. The van der Waals surface area contributed by atoms with Crippen LogP contribution in [0, 0.1) is 6.92 Å². The topological polar surface area (TPSA) is 120 Å². The van der Waals surface area contributed by atoms with Gasteiger partial charge in [-0.25, -0.2) is 4.79 Å². The molecule has 0 saturated carbocycles. The van der Waals surface area contributed by atoms with Gasteiger partial charge in [0.2, 0.25) is 12.7 Å². The van der Waals surface area contributed by atoms with Crippen molar-refractivity contribution in [2.24, 2.45) is 0 Å². The van der Waals surface area contributed by atoms with Gasteiger partial charge in [-0.15, -0.1) is 0 Å². The van der Waals surface area contributed by atoms with Crippen molar-refractivity contribution in [1.82, 2.24) is 15.1 Å². The van der Waals surface area contributed by atoms with Crippen LogP contribution in [0.3, 0.4) is 0 Å². The van der Waals surface area contributed by atoms with Gasteiger partial charge in [-0.1, -0.05) is 6.07 Å². The smallest absolute Gasteiger partial charge is 0.325 e. The predicted molar refractivity (Wildman–Crippen MR) is 133 cm³/mol. The van der Waals surface area contributed by atoms with Crippen LogP contribution >= 0.6 is 0 Å². The van der Waals surface area contributed by atoms with Crippen LogP contribution in [0.2, 0.25) is 0 Å². The Kier molecular flexibility index (Phi) is 10.6. The number of amides is 3. The first-order valence-electron chi connectivity index (χ1n) is 12.4. The van der Waals surface area contributed by atoms with E-state index in [9.17, 15) is 14.4 Å². The van der Waals surface area contributed by atoms with E-state index in [-0.39, 0.29) is 52.0 Å². The molecule has 0 aliphatic carbocycles. The lowest BCUT2D eigenvalue weighted by molar-refractivity contribution is -0.141. The molecule has 1 aromatic heterocycles. The van der Waals surface area contributed by atoms with Crippen LogP contribution in [0.1, 0.15) is 37.4 Å². The van der Waals surface area contributed by atoms with E-state index >= 15 is 0 Å². The molecule has 0 spiro atoms. The molecule has 1 aromatic carbocycles. The molecule has 0 fully saturated rings. The molecule has 0 radical (unpaired) electrons. The van der Waals surface area contributed by atoms with E-state index in [1.165, 1.54) is 4.90 Å². The number of ether oxygens (including phenoxy) is 4. The maximum Gasteiger partial charge on any atom is 0.325 e. The number of hydrogen-bond acceptors (Lipinski definition) is 8. The molecule has 1 aliphatic heterocycles. The maximum atomic E-state index is 13.5. The quantitative estimate of drug-likeness (QED) is 0.300. The van der Waals surface area contributed by atoms with Crippen molar-refractivity contribution in [3.63, 3.8) is 0 Å². The second-order valence-corrected chi connectivity index (χ2v) is 8.39. The Morgan fingerprint density at radius 2 is 1.81 bits per heavy atom. The van der Waals surface area contributed by atoms with Crippen molar-refractivity contribution in [2.75, 3.05) is 46.2 Å². The zero-order valence-corrected chi connectivity index (χ0v) is 21.6. The molecule has 1 N–H and O–H groups in total. The van der Waals surface area contributed by atoms with Crippen LogP contribution in [0.15, 0.2) is 34.7 Å². The molecule has 0 atom stereocenters. The minimum Gasteiger partial charge on any atom is -0.465 e. The van der Waals surface area contributed by atoms with Crippen LogP contribution in [0.5, 0.6) is 11.5 Å². The van der Waals surface area contributed by atoms with E-state index in [2.05, 4.69) is 5.32 Å². The van der Waals surface area contributed by atoms with Gasteiger partial charge in [-0.3, -0.25) is 9.59 Å². The Morgan fingerprint density at radius 3 is 2.54 bits per heavy atom. The highest BCUT2D eigenvalue weighted by molar-refractivity contribution is 5.86. The van der Waals surface area contributed by atoms with Gasteiger partial charge in [-0.2, -0.15) is 0 Å². The SMILES string of the molecule is CCOCCCN(CC(=O)N(Cc1ccc2c(c1)OCO2)Cc1ccc(C)o1)C(=O)NCC(=O)OCC. The molecule has 202 valence electrons. The summed E-state index contributed by atoms with van der Waals surface area (Å²) in [7, 11) is 0. The Morgan fingerprint density at radius 1 is 1.00 bits per heavy atom. The summed E-state index contributed by atoms with van der Waals surface area (Å²) in [6, 6.07) is 8.63. The summed E-state index contributed by atoms with van der Waals surface area (Å²) in [5.41, 5.74) is 0.843. The van der Waals surface area contributed by atoms with Crippen molar-refractivity contribution in [1.29, 1.82) is 0 Å². The monoisotopic (exact) mass is 517 g/mol. The number of esters is 1. The second-order valence-electron chi connectivity index (χ2n) is 8.39. The molecule has 2 heterocycles. The number of fused-ring (bicyclic) bond motifs is 1. The normalized spacial score (nSPS) is 11.8. The Labute approximate surface area is 216 Å². The van der Waals surface area contributed by atoms with E-state index in [0.29, 0.717) is 36.9 Å². The zero-order chi connectivity index (χ0) is 26.6. The van der Waals surface area contributed by atoms with E-state index < -0.39 is 12.0 Å². The Bertz CT molecular complexity index is 1050. The zero-order valence-electron chi connectivity index (χ0n) is 21.6. The number of rotatable bonds is 14. The standard InChI is InChI=1S/C26H35N3O8/c1-4-33-12-6-11-28(26(32)27-14-25(31)34-5-2)17-24(30)29(16-21-9-7-19(3)37-21)15-20-8-10-22-23(13-20)36-18-35-22/h7-10,13H,4-6,11-12,14-18H2,1-3H3,(H,27,32). The third-order valence-corrected chi connectivity index (χ3v) is 5.53. The van der Waals surface area contributed by atoms with Gasteiger partial charge in [0.25, 0.3) is 0 Å². The summed E-state index contributed by atoms with van der Waals surface area (Å²) in [4.78, 5) is 41.1. The van der Waals surface area contributed by atoms with Gasteiger partial charge < -0.3 is 38.5 Å². The number of nitrogens with zero attached hydrogens (tertiary/aromatic N) is 2. The highest BCUT2D eigenvalue weighted by Crippen LogP contribution is 2.33. The van der Waals surface area contributed by atoms with Crippen LogP contribution in [-0.2, 0) is 32.2 Å². The molecular formula is C26H35N3O8. The molecule has 11 nitrogen and oxygen atoms in total. The van der Waals surface area contributed by atoms with Crippen molar-refractivity contribution >= 4 is 17.9 Å². The molecule has 0 saturated heterocycles. The third kappa shape index (κ3) is 8.71. The van der Waals surface area contributed by atoms with Gasteiger partial charge in [0.1, 0.15) is 24.6 Å². The number of furan rings is 1. The van der Waals surface area contributed by atoms with E-state index in [4.69, 9.17) is 23.4 Å². The number of aryl methyl sites for hydroxylation is 1. The Hall–Kier alpha value is -3.73. The molecule has 0 unspecified atom stereocenters. The lowest BCUT2D eigenvalue weighted by Crippen LogP contribution is -2.48. The van der Waals surface area contributed by atoms with E-state index in [1.54, 1.807) is 17.9 Å². The summed E-state index contributed by atoms with van der Waals surface area (Å²) in [5.74, 6) is 1.81. The molecule has 11 heteroatoms. The van der Waals surface area contributed by atoms with Crippen LogP contribution in [0.25, 0.3) is 0 Å². The van der Waals surface area contributed by atoms with Gasteiger partial charge in [0.15, 0.2) is 11.5 Å². The molecule has 3 rings (SSSR count). The van der Waals surface area contributed by atoms with E-state index in [1.807, 2.05) is 38.1 Å². The number of urea groups is 1. The summed E-state index contributed by atoms with van der Waals surface area (Å²) >= 11 is 0. The fourth-order valence-electron chi connectivity index (χ4n) is 3.74. The Balaban J connectivity index is 1.72. The fraction of sp³-hybridized carbons (Fsp3) is 0.500. The van der Waals surface area contributed by atoms with Crippen molar-refractivity contribution in [3.8, 4) is 11.5 Å². The first kappa shape index (κ1) is 27.9. The molecule has 2 aromatic rings. The van der Waals surface area contributed by atoms with Gasteiger partial charge in [-0.05, 0) is 57.0 Å². The molecule has 0 bridgehead atoms. The highest BCUT2D eigenvalue weighted by atomic mass is 16.7. The van der Waals surface area contributed by atoms with Crippen molar-refractivity contribution in [3.05, 3.63) is 47.4 Å². The minimum absolute atomic E-state index is 0.157. The first-order valence-corrected chi connectivity index (χ1v) is 12.4. The van der Waals surface area contributed by atoms with Crippen LogP contribution in [-0.4, -0.2) is 74.0 Å². The number of nitrogens with one attached hydrogen (secondary N) is 1. The number of carbonyl (C=O) groups excluding carboxylic acids is 3. The predicted octanol–water partition coefficient (Wildman–Crippen LogP) is 2.85. The summed E-state index contributed by atoms with van der Waals surface area (Å²) in [5, 5.41) is 2.54. The molecule has 1 aliphatic rings. The van der Waals surface area contributed by atoms with Gasteiger partial charge in [0.05, 0.1) is 13.2 Å². The fourth-order valence-corrected chi connectivity index (χ4v) is 3.74. The van der Waals surface area contributed by atoms with Crippen LogP contribution < -0.4 is 14.8 Å². The van der Waals surface area contributed by atoms with Crippen molar-refractivity contribution in [2.45, 2.75) is 40.3 Å². The van der Waals surface area contributed by atoms with Crippen molar-refractivity contribution < 1.29 is 37.7 Å². The lowest BCUT2D eigenvalue weighted by Gasteiger charge is -2.27. The third-order valence-electron chi connectivity index (χ3n) is 5.53. The number of carbonyl (C=O) groups is 3. The molecule has 3 amide bonds. The largest absolute Gasteiger partial charge is 0.465 e. The first-order chi connectivity index (χ1) is 17.9. The lowest BCUT2D eigenvalue weighted by atomic mass is 10.2. The summed E-state index contributed by atoms with van der Waals surface area (Å²) in [6.45, 7) is 7.08. The van der Waals surface area contributed by atoms with Gasteiger partial charge in [0, 0.05) is 26.3 Å². The van der Waals surface area contributed by atoms with Crippen LogP contribution in [0.4, 0.5) is 4.79 Å². The summed E-state index contributed by atoms with van der Waals surface area (Å²) in [6.07, 6.45) is 0.535. The molecular weight excluding hydrogens is 482 g/mol. The minimum atomic E-state index is -0.547.